The molecule has 0 saturated carbocycles. The summed E-state index contributed by atoms with van der Waals surface area (Å²) in [6.07, 6.45) is 0.443. The van der Waals surface area contributed by atoms with Crippen LogP contribution in [0.2, 0.25) is 0 Å². The maximum atomic E-state index is 13.5. The largest absolute Gasteiger partial charge is 0.494 e. The topological polar surface area (TPSA) is 50.8 Å². The zero-order valence-electron chi connectivity index (χ0n) is 12.2. The lowest BCUT2D eigenvalue weighted by molar-refractivity contribution is -0.135. The number of nitrogens with zero attached hydrogens (tertiary/aromatic N) is 1. The minimum Gasteiger partial charge on any atom is -0.494 e. The molecule has 1 aromatic carbocycles. The molecule has 1 aliphatic rings. The number of ether oxygens (including phenoxy) is 2. The minimum atomic E-state index is -0.374. The molecule has 1 aliphatic heterocycles. The smallest absolute Gasteiger partial charge is 0.224 e. The molecule has 116 valence electrons. The average Bonchev–Trinajstić information content (AvgIpc) is 2.52. The van der Waals surface area contributed by atoms with Crippen molar-refractivity contribution in [3.05, 3.63) is 29.6 Å². The molecule has 0 bridgehead atoms. The number of benzene rings is 1. The number of amides is 1. The zero-order valence-corrected chi connectivity index (χ0v) is 12.2. The van der Waals surface area contributed by atoms with Gasteiger partial charge in [0.15, 0.2) is 11.6 Å². The fraction of sp³-hybridized carbons (Fsp3) is 0.533. The van der Waals surface area contributed by atoms with Crippen molar-refractivity contribution in [1.82, 2.24) is 10.2 Å². The van der Waals surface area contributed by atoms with Gasteiger partial charge in [-0.2, -0.15) is 0 Å². The Morgan fingerprint density at radius 2 is 2.19 bits per heavy atom. The molecule has 1 N–H and O–H groups in total. The Hall–Kier alpha value is -1.66. The van der Waals surface area contributed by atoms with Crippen LogP contribution >= 0.6 is 0 Å². The van der Waals surface area contributed by atoms with Crippen molar-refractivity contribution in [2.24, 2.45) is 0 Å². The van der Waals surface area contributed by atoms with E-state index in [4.69, 9.17) is 9.47 Å². The summed E-state index contributed by atoms with van der Waals surface area (Å²) < 4.78 is 23.6. The maximum Gasteiger partial charge on any atom is 0.224 e. The zero-order chi connectivity index (χ0) is 15.1. The molecule has 5 nitrogen and oxygen atoms in total. The van der Waals surface area contributed by atoms with Gasteiger partial charge in [0.05, 0.1) is 20.3 Å². The van der Waals surface area contributed by atoms with E-state index in [-0.39, 0.29) is 17.5 Å². The molecular weight excluding hydrogens is 275 g/mol. The fourth-order valence-electron chi connectivity index (χ4n) is 2.22. The molecule has 1 saturated heterocycles. The Morgan fingerprint density at radius 1 is 1.43 bits per heavy atom. The molecule has 2 rings (SSSR count). The van der Waals surface area contributed by atoms with Gasteiger partial charge in [-0.05, 0) is 17.7 Å². The molecule has 1 aromatic rings. The van der Waals surface area contributed by atoms with Gasteiger partial charge >= 0.3 is 0 Å². The van der Waals surface area contributed by atoms with E-state index < -0.39 is 0 Å². The lowest BCUT2D eigenvalue weighted by atomic mass is 10.2. The minimum absolute atomic E-state index is 0.131. The SMILES string of the molecule is COc1ccc(CNCCC(=O)N2CCOCC2)cc1F. The lowest BCUT2D eigenvalue weighted by Gasteiger charge is -2.26. The summed E-state index contributed by atoms with van der Waals surface area (Å²) in [5.41, 5.74) is 0.826. The third-order valence-corrected chi connectivity index (χ3v) is 3.42. The van der Waals surface area contributed by atoms with E-state index in [0.29, 0.717) is 45.8 Å². The number of hydrogen-bond acceptors (Lipinski definition) is 4. The summed E-state index contributed by atoms with van der Waals surface area (Å²) in [5, 5.41) is 3.15. The number of hydrogen-bond donors (Lipinski definition) is 1. The van der Waals surface area contributed by atoms with Gasteiger partial charge in [0.1, 0.15) is 0 Å². The van der Waals surface area contributed by atoms with Gasteiger partial charge in [-0.1, -0.05) is 6.07 Å². The van der Waals surface area contributed by atoms with E-state index in [9.17, 15) is 9.18 Å². The van der Waals surface area contributed by atoms with Crippen molar-refractivity contribution >= 4 is 5.91 Å². The van der Waals surface area contributed by atoms with Crippen LogP contribution in [-0.2, 0) is 16.1 Å². The summed E-state index contributed by atoms with van der Waals surface area (Å²) in [4.78, 5) is 13.7. The number of rotatable bonds is 6. The van der Waals surface area contributed by atoms with Gasteiger partial charge in [0, 0.05) is 32.6 Å². The molecule has 1 heterocycles. The quantitative estimate of drug-likeness (QED) is 0.801. The Bertz CT molecular complexity index is 476. The van der Waals surface area contributed by atoms with Gasteiger partial charge < -0.3 is 19.7 Å². The predicted molar refractivity (Wildman–Crippen MR) is 76.7 cm³/mol. The van der Waals surface area contributed by atoms with Gasteiger partial charge in [0.2, 0.25) is 5.91 Å². The highest BCUT2D eigenvalue weighted by Crippen LogP contribution is 2.17. The van der Waals surface area contributed by atoms with Crippen LogP contribution in [0.25, 0.3) is 0 Å². The van der Waals surface area contributed by atoms with Crippen molar-refractivity contribution in [1.29, 1.82) is 0 Å². The molecular formula is C15H21FN2O3. The summed E-state index contributed by atoms with van der Waals surface area (Å²) in [6, 6.07) is 4.85. The number of carbonyl (C=O) groups excluding carboxylic acids is 1. The van der Waals surface area contributed by atoms with Crippen molar-refractivity contribution in [3.8, 4) is 5.75 Å². The first-order valence-corrected chi connectivity index (χ1v) is 7.09. The molecule has 0 aromatic heterocycles. The van der Waals surface area contributed by atoms with E-state index in [1.165, 1.54) is 13.2 Å². The van der Waals surface area contributed by atoms with E-state index in [1.54, 1.807) is 12.1 Å². The van der Waals surface area contributed by atoms with Crippen LogP contribution in [0.3, 0.4) is 0 Å². The first-order chi connectivity index (χ1) is 10.2. The number of halogens is 1. The number of carbonyl (C=O) groups is 1. The number of methoxy groups -OCH3 is 1. The highest BCUT2D eigenvalue weighted by atomic mass is 19.1. The van der Waals surface area contributed by atoms with Crippen LogP contribution in [0.4, 0.5) is 4.39 Å². The second-order valence-electron chi connectivity index (χ2n) is 4.89. The molecule has 21 heavy (non-hydrogen) atoms. The fourth-order valence-corrected chi connectivity index (χ4v) is 2.22. The van der Waals surface area contributed by atoms with Crippen LogP contribution in [0, 0.1) is 5.82 Å². The first kappa shape index (κ1) is 15.7. The van der Waals surface area contributed by atoms with Gasteiger partial charge in [0.25, 0.3) is 0 Å². The Morgan fingerprint density at radius 3 is 2.86 bits per heavy atom. The number of morpholine rings is 1. The molecule has 0 radical (unpaired) electrons. The summed E-state index contributed by atoms with van der Waals surface area (Å²) in [6.45, 7) is 3.67. The second kappa shape index (κ2) is 7.95. The molecule has 0 spiro atoms. The van der Waals surface area contributed by atoms with Gasteiger partial charge in [-0.25, -0.2) is 4.39 Å². The Balaban J connectivity index is 1.69. The van der Waals surface area contributed by atoms with E-state index >= 15 is 0 Å². The van der Waals surface area contributed by atoms with Crippen molar-refractivity contribution < 1.29 is 18.7 Å². The normalized spacial score (nSPS) is 15.0. The van der Waals surface area contributed by atoms with Gasteiger partial charge in [-0.3, -0.25) is 4.79 Å². The Kier molecular flexibility index (Phi) is 5.95. The summed E-state index contributed by atoms with van der Waals surface area (Å²) >= 11 is 0. The number of nitrogens with one attached hydrogen (secondary N) is 1. The molecule has 1 amide bonds. The van der Waals surface area contributed by atoms with Crippen molar-refractivity contribution in [2.45, 2.75) is 13.0 Å². The van der Waals surface area contributed by atoms with E-state index in [2.05, 4.69) is 5.32 Å². The van der Waals surface area contributed by atoms with E-state index in [0.717, 1.165) is 5.56 Å². The highest BCUT2D eigenvalue weighted by Gasteiger charge is 2.15. The molecule has 0 unspecified atom stereocenters. The maximum absolute atomic E-state index is 13.5. The van der Waals surface area contributed by atoms with Crippen molar-refractivity contribution in [2.75, 3.05) is 40.0 Å². The molecule has 0 atom stereocenters. The highest BCUT2D eigenvalue weighted by molar-refractivity contribution is 5.76. The van der Waals surface area contributed by atoms with Crippen molar-refractivity contribution in [3.63, 3.8) is 0 Å². The van der Waals surface area contributed by atoms with Crippen LogP contribution in [-0.4, -0.2) is 50.8 Å². The third kappa shape index (κ3) is 4.68. The second-order valence-corrected chi connectivity index (χ2v) is 4.89. The predicted octanol–water partition coefficient (Wildman–Crippen LogP) is 1.17. The van der Waals surface area contributed by atoms with Crippen LogP contribution in [0.5, 0.6) is 5.75 Å². The lowest BCUT2D eigenvalue weighted by Crippen LogP contribution is -2.41. The molecule has 1 fully saturated rings. The van der Waals surface area contributed by atoms with Crippen LogP contribution in [0.15, 0.2) is 18.2 Å². The van der Waals surface area contributed by atoms with E-state index in [1.807, 2.05) is 4.90 Å². The summed E-state index contributed by atoms with van der Waals surface area (Å²) in [7, 11) is 1.44. The average molecular weight is 296 g/mol. The molecule has 0 aliphatic carbocycles. The summed E-state index contributed by atoms with van der Waals surface area (Å²) in [5.74, 6) is -0.00542. The first-order valence-electron chi connectivity index (χ1n) is 7.09. The standard InChI is InChI=1S/C15H21FN2O3/c1-20-14-3-2-12(10-13(14)16)11-17-5-4-15(19)18-6-8-21-9-7-18/h2-3,10,17H,4-9,11H2,1H3. The van der Waals surface area contributed by atoms with Crippen LogP contribution in [0.1, 0.15) is 12.0 Å². The monoisotopic (exact) mass is 296 g/mol. The third-order valence-electron chi connectivity index (χ3n) is 3.42. The Labute approximate surface area is 124 Å². The molecule has 6 heteroatoms. The van der Waals surface area contributed by atoms with Gasteiger partial charge in [-0.15, -0.1) is 0 Å². The van der Waals surface area contributed by atoms with Crippen LogP contribution < -0.4 is 10.1 Å².